The second kappa shape index (κ2) is 3.87. The van der Waals surface area contributed by atoms with E-state index in [-0.39, 0.29) is 4.90 Å². The van der Waals surface area contributed by atoms with Crippen molar-refractivity contribution in [1.29, 1.82) is 0 Å². The largest absolute Gasteiger partial charge is 0.454 e. The van der Waals surface area contributed by atoms with Gasteiger partial charge in [-0.2, -0.15) is 13.2 Å². The molecule has 0 aliphatic carbocycles. The number of nitrogens with two attached hydrogens (primary N) is 1. The molecule has 2 N–H and O–H groups in total. The van der Waals surface area contributed by atoms with Gasteiger partial charge in [-0.15, -0.1) is 0 Å². The van der Waals surface area contributed by atoms with Crippen LogP contribution in [0.5, 0.6) is 0 Å². The van der Waals surface area contributed by atoms with Crippen LogP contribution in [0.3, 0.4) is 0 Å². The molecule has 4 nitrogen and oxygen atoms in total. The van der Waals surface area contributed by atoms with Gasteiger partial charge in [-0.25, -0.2) is 13.6 Å². The van der Waals surface area contributed by atoms with Crippen molar-refractivity contribution in [1.82, 2.24) is 0 Å². The maximum atomic E-state index is 12.0. The van der Waals surface area contributed by atoms with Crippen LogP contribution < -0.4 is 5.14 Å². The molecule has 1 aromatic rings. The summed E-state index contributed by atoms with van der Waals surface area (Å²) in [6, 6.07) is 3.20. The molecule has 0 fully saturated rings. The van der Waals surface area contributed by atoms with Gasteiger partial charge in [0.05, 0.1) is 4.90 Å². The van der Waals surface area contributed by atoms with Gasteiger partial charge >= 0.3 is 6.18 Å². The van der Waals surface area contributed by atoms with Crippen LogP contribution in [0.2, 0.25) is 0 Å². The molecule has 0 aliphatic rings. The molecular weight excluding hydrogens is 247 g/mol. The fraction of sp³-hybridized carbons (Fsp3) is 0.125. The summed E-state index contributed by atoms with van der Waals surface area (Å²) in [6.07, 6.45) is -4.98. The van der Waals surface area contributed by atoms with Crippen LogP contribution in [-0.4, -0.2) is 20.4 Å². The number of Topliss-reactive ketones (excluding diaryl/α,β-unsaturated/α-hetero) is 1. The normalized spacial score (nSPS) is 12.5. The molecule has 8 heteroatoms. The highest BCUT2D eigenvalue weighted by atomic mass is 32.2. The number of sulfonamides is 1. The number of rotatable bonds is 2. The lowest BCUT2D eigenvalue weighted by molar-refractivity contribution is -0.0885. The topological polar surface area (TPSA) is 77.2 Å². The molecule has 0 atom stereocenters. The summed E-state index contributed by atoms with van der Waals surface area (Å²) < 4.78 is 57.5. The SMILES string of the molecule is NS(=O)(=O)c1ccc(C(=O)C(F)(F)F)cc1. The van der Waals surface area contributed by atoms with Crippen molar-refractivity contribution in [2.45, 2.75) is 11.1 Å². The minimum atomic E-state index is -4.98. The predicted octanol–water partition coefficient (Wildman–Crippen LogP) is 1.08. The van der Waals surface area contributed by atoms with E-state index < -0.39 is 27.5 Å². The van der Waals surface area contributed by atoms with Crippen LogP contribution >= 0.6 is 0 Å². The van der Waals surface area contributed by atoms with Crippen molar-refractivity contribution in [2.24, 2.45) is 5.14 Å². The number of carbonyl (C=O) groups is 1. The highest BCUT2D eigenvalue weighted by molar-refractivity contribution is 7.89. The predicted molar refractivity (Wildman–Crippen MR) is 48.2 cm³/mol. The van der Waals surface area contributed by atoms with Gasteiger partial charge in [0.25, 0.3) is 5.78 Å². The van der Waals surface area contributed by atoms with Crippen molar-refractivity contribution >= 4 is 15.8 Å². The molecule has 0 saturated heterocycles. The lowest BCUT2D eigenvalue weighted by Crippen LogP contribution is -2.22. The van der Waals surface area contributed by atoms with Crippen molar-refractivity contribution in [3.63, 3.8) is 0 Å². The molecule has 0 bridgehead atoms. The monoisotopic (exact) mass is 253 g/mol. The third kappa shape index (κ3) is 2.80. The summed E-state index contributed by atoms with van der Waals surface area (Å²) in [5.74, 6) is -2.03. The first kappa shape index (κ1) is 12.7. The summed E-state index contributed by atoms with van der Waals surface area (Å²) in [5, 5.41) is 4.73. The highest BCUT2D eigenvalue weighted by Gasteiger charge is 2.39. The van der Waals surface area contributed by atoms with Gasteiger partial charge in [0.15, 0.2) is 0 Å². The summed E-state index contributed by atoms with van der Waals surface area (Å²) >= 11 is 0. The number of ketones is 1. The zero-order valence-electron chi connectivity index (χ0n) is 7.65. The van der Waals surface area contributed by atoms with Crippen LogP contribution in [0.25, 0.3) is 0 Å². The van der Waals surface area contributed by atoms with Crippen LogP contribution in [-0.2, 0) is 10.0 Å². The molecule has 0 radical (unpaired) electrons. The second-order valence-corrected chi connectivity index (χ2v) is 4.46. The number of alkyl halides is 3. The standard InChI is InChI=1S/C8H6F3NO3S/c9-8(10,11)7(13)5-1-3-6(4-2-5)16(12,14)15/h1-4H,(H2,12,14,15). The first-order chi connectivity index (χ1) is 7.12. The Hall–Kier alpha value is -1.41. The Labute approximate surface area is 88.9 Å². The van der Waals surface area contributed by atoms with E-state index in [2.05, 4.69) is 0 Å². The third-order valence-corrected chi connectivity index (χ3v) is 2.63. The molecule has 0 aromatic heterocycles. The molecule has 1 aromatic carbocycles. The number of halogens is 3. The summed E-state index contributed by atoms with van der Waals surface area (Å²) in [5.41, 5.74) is -0.639. The second-order valence-electron chi connectivity index (χ2n) is 2.90. The van der Waals surface area contributed by atoms with Crippen LogP contribution in [0, 0.1) is 0 Å². The molecule has 16 heavy (non-hydrogen) atoms. The Morgan fingerprint density at radius 1 is 1.12 bits per heavy atom. The van der Waals surface area contributed by atoms with Gasteiger partial charge in [0, 0.05) is 5.56 Å². The van der Waals surface area contributed by atoms with E-state index in [0.29, 0.717) is 0 Å². The Bertz CT molecular complexity index is 504. The van der Waals surface area contributed by atoms with E-state index in [4.69, 9.17) is 5.14 Å². The fourth-order valence-electron chi connectivity index (χ4n) is 0.960. The molecule has 0 unspecified atom stereocenters. The zero-order chi connectivity index (χ0) is 12.6. The maximum Gasteiger partial charge on any atom is 0.454 e. The van der Waals surface area contributed by atoms with Gasteiger partial charge in [-0.3, -0.25) is 4.79 Å². The maximum absolute atomic E-state index is 12.0. The van der Waals surface area contributed by atoms with E-state index in [1.165, 1.54) is 0 Å². The van der Waals surface area contributed by atoms with E-state index >= 15 is 0 Å². The van der Waals surface area contributed by atoms with Crippen LogP contribution in [0.15, 0.2) is 29.2 Å². The van der Waals surface area contributed by atoms with Gasteiger partial charge in [0.1, 0.15) is 0 Å². The van der Waals surface area contributed by atoms with E-state index in [9.17, 15) is 26.4 Å². The van der Waals surface area contributed by atoms with E-state index in [1.54, 1.807) is 0 Å². The fourth-order valence-corrected chi connectivity index (χ4v) is 1.48. The minimum absolute atomic E-state index is 0.355. The van der Waals surface area contributed by atoms with Gasteiger partial charge < -0.3 is 0 Å². The average Bonchev–Trinajstić information content (AvgIpc) is 2.14. The van der Waals surface area contributed by atoms with Crippen LogP contribution in [0.1, 0.15) is 10.4 Å². The van der Waals surface area contributed by atoms with E-state index in [0.717, 1.165) is 24.3 Å². The zero-order valence-corrected chi connectivity index (χ0v) is 8.47. The third-order valence-electron chi connectivity index (χ3n) is 1.70. The Balaban J connectivity index is 3.10. The minimum Gasteiger partial charge on any atom is -0.284 e. The summed E-state index contributed by atoms with van der Waals surface area (Å²) in [6.45, 7) is 0. The van der Waals surface area contributed by atoms with Crippen molar-refractivity contribution in [3.8, 4) is 0 Å². The first-order valence-corrected chi connectivity index (χ1v) is 5.41. The number of carbonyl (C=O) groups excluding carboxylic acids is 1. The summed E-state index contributed by atoms with van der Waals surface area (Å²) in [4.78, 5) is 10.4. The van der Waals surface area contributed by atoms with Gasteiger partial charge in [-0.1, -0.05) is 0 Å². The molecule has 0 aliphatic heterocycles. The number of hydrogen-bond acceptors (Lipinski definition) is 3. The Kier molecular flexibility index (Phi) is 3.06. The quantitative estimate of drug-likeness (QED) is 0.801. The summed E-state index contributed by atoms with van der Waals surface area (Å²) in [7, 11) is -3.97. The smallest absolute Gasteiger partial charge is 0.284 e. The molecule has 88 valence electrons. The van der Waals surface area contributed by atoms with E-state index in [1.807, 2.05) is 0 Å². The average molecular weight is 253 g/mol. The lowest BCUT2D eigenvalue weighted by atomic mass is 10.1. The molecule has 0 heterocycles. The highest BCUT2D eigenvalue weighted by Crippen LogP contribution is 2.22. The van der Waals surface area contributed by atoms with Gasteiger partial charge in [-0.05, 0) is 24.3 Å². The molecule has 1 rings (SSSR count). The number of benzene rings is 1. The van der Waals surface area contributed by atoms with Crippen molar-refractivity contribution < 1.29 is 26.4 Å². The van der Waals surface area contributed by atoms with Crippen molar-refractivity contribution in [3.05, 3.63) is 29.8 Å². The van der Waals surface area contributed by atoms with Crippen molar-refractivity contribution in [2.75, 3.05) is 0 Å². The molecular formula is C8H6F3NO3S. The molecule has 0 saturated carbocycles. The molecule has 0 spiro atoms. The Morgan fingerprint density at radius 2 is 1.56 bits per heavy atom. The lowest BCUT2D eigenvalue weighted by Gasteiger charge is -2.05. The van der Waals surface area contributed by atoms with Crippen LogP contribution in [0.4, 0.5) is 13.2 Å². The first-order valence-electron chi connectivity index (χ1n) is 3.87. The number of primary sulfonamides is 1. The number of hydrogen-bond donors (Lipinski definition) is 1. The molecule has 0 amide bonds. The Morgan fingerprint density at radius 3 is 1.88 bits per heavy atom. The van der Waals surface area contributed by atoms with Gasteiger partial charge in [0.2, 0.25) is 10.0 Å².